The first kappa shape index (κ1) is 14.0. The third-order valence-electron chi connectivity index (χ3n) is 3.76. The van der Waals surface area contributed by atoms with Gasteiger partial charge in [0.05, 0.1) is 6.10 Å². The molecule has 1 fully saturated rings. The van der Waals surface area contributed by atoms with E-state index < -0.39 is 0 Å². The lowest BCUT2D eigenvalue weighted by atomic mass is 9.87. The Morgan fingerprint density at radius 2 is 1.89 bits per heavy atom. The van der Waals surface area contributed by atoms with Crippen LogP contribution in [0.5, 0.6) is 0 Å². The van der Waals surface area contributed by atoms with E-state index in [1.165, 1.54) is 12.1 Å². The summed E-state index contributed by atoms with van der Waals surface area (Å²) in [6.45, 7) is 0.462. The molecule has 1 aromatic rings. The first-order valence-corrected chi connectivity index (χ1v) is 6.74. The second-order valence-electron chi connectivity index (χ2n) is 5.05. The molecule has 0 aromatic heterocycles. The van der Waals surface area contributed by atoms with Crippen molar-refractivity contribution < 1.29 is 13.9 Å². The molecule has 1 N–H and O–H groups in total. The highest BCUT2D eigenvalue weighted by atomic mass is 19.1. The molecule has 3 nitrogen and oxygen atoms in total. The maximum atomic E-state index is 12.7. The number of carbonyl (C=O) groups is 1. The minimum atomic E-state index is -0.257. The molecule has 0 aliphatic heterocycles. The third-order valence-corrected chi connectivity index (χ3v) is 3.76. The zero-order valence-corrected chi connectivity index (χ0v) is 11.2. The van der Waals surface area contributed by atoms with Crippen LogP contribution in [0.25, 0.3) is 0 Å². The number of benzene rings is 1. The predicted molar refractivity (Wildman–Crippen MR) is 71.0 cm³/mol. The lowest BCUT2D eigenvalue weighted by Gasteiger charge is -2.26. The van der Waals surface area contributed by atoms with Crippen molar-refractivity contribution in [1.82, 2.24) is 5.32 Å². The highest BCUT2D eigenvalue weighted by Gasteiger charge is 2.25. The topological polar surface area (TPSA) is 38.3 Å². The van der Waals surface area contributed by atoms with Crippen LogP contribution in [0, 0.1) is 11.7 Å². The van der Waals surface area contributed by atoms with Crippen LogP contribution in [0.15, 0.2) is 24.3 Å². The van der Waals surface area contributed by atoms with E-state index in [0.29, 0.717) is 12.6 Å². The van der Waals surface area contributed by atoms with Crippen LogP contribution in [-0.4, -0.2) is 19.1 Å². The Morgan fingerprint density at radius 3 is 2.47 bits per heavy atom. The molecular weight excluding hydrogens is 245 g/mol. The minimum Gasteiger partial charge on any atom is -0.381 e. The Balaban J connectivity index is 1.77. The molecule has 0 bridgehead atoms. The van der Waals surface area contributed by atoms with E-state index >= 15 is 0 Å². The maximum absolute atomic E-state index is 12.7. The summed E-state index contributed by atoms with van der Waals surface area (Å²) in [5.41, 5.74) is 0.917. The summed E-state index contributed by atoms with van der Waals surface area (Å²) in [6.07, 6.45) is 3.97. The van der Waals surface area contributed by atoms with E-state index in [-0.39, 0.29) is 17.6 Å². The summed E-state index contributed by atoms with van der Waals surface area (Å²) < 4.78 is 18.0. The first-order chi connectivity index (χ1) is 9.19. The van der Waals surface area contributed by atoms with Crippen LogP contribution in [0.1, 0.15) is 31.2 Å². The van der Waals surface area contributed by atoms with Crippen LogP contribution in [-0.2, 0) is 16.1 Å². The SMILES string of the molecule is COC1CCC(C(=O)NCc2ccc(F)cc2)CC1. The van der Waals surface area contributed by atoms with Crippen LogP contribution >= 0.6 is 0 Å². The van der Waals surface area contributed by atoms with Gasteiger partial charge in [-0.2, -0.15) is 0 Å². The van der Waals surface area contributed by atoms with E-state index in [0.717, 1.165) is 31.2 Å². The fourth-order valence-electron chi connectivity index (χ4n) is 2.50. The van der Waals surface area contributed by atoms with Crippen molar-refractivity contribution in [3.8, 4) is 0 Å². The van der Waals surface area contributed by atoms with Crippen LogP contribution < -0.4 is 5.32 Å². The largest absolute Gasteiger partial charge is 0.381 e. The van der Waals surface area contributed by atoms with Crippen molar-refractivity contribution in [3.05, 3.63) is 35.6 Å². The van der Waals surface area contributed by atoms with Gasteiger partial charge in [-0.1, -0.05) is 12.1 Å². The Bertz CT molecular complexity index is 411. The number of hydrogen-bond donors (Lipinski definition) is 1. The second kappa shape index (κ2) is 6.66. The van der Waals surface area contributed by atoms with E-state index in [2.05, 4.69) is 5.32 Å². The van der Waals surface area contributed by atoms with Crippen molar-refractivity contribution in [2.75, 3.05) is 7.11 Å². The minimum absolute atomic E-state index is 0.0897. The average molecular weight is 265 g/mol. The average Bonchev–Trinajstić information content (AvgIpc) is 2.46. The third kappa shape index (κ3) is 4.03. The van der Waals surface area contributed by atoms with Crippen molar-refractivity contribution in [2.24, 2.45) is 5.92 Å². The van der Waals surface area contributed by atoms with Gasteiger partial charge >= 0.3 is 0 Å². The molecule has 0 saturated heterocycles. The highest BCUT2D eigenvalue weighted by Crippen LogP contribution is 2.25. The summed E-state index contributed by atoms with van der Waals surface area (Å²) in [4.78, 5) is 12.0. The predicted octanol–water partition coefficient (Wildman–Crippen LogP) is 2.65. The molecular formula is C15H20FNO2. The molecule has 19 heavy (non-hydrogen) atoms. The van der Waals surface area contributed by atoms with Gasteiger partial charge in [-0.05, 0) is 43.4 Å². The highest BCUT2D eigenvalue weighted by molar-refractivity contribution is 5.78. The monoisotopic (exact) mass is 265 g/mol. The van der Waals surface area contributed by atoms with Crippen molar-refractivity contribution >= 4 is 5.91 Å². The molecule has 4 heteroatoms. The number of rotatable bonds is 4. The molecule has 1 saturated carbocycles. The van der Waals surface area contributed by atoms with E-state index in [1.54, 1.807) is 19.2 Å². The molecule has 0 heterocycles. The molecule has 2 rings (SSSR count). The smallest absolute Gasteiger partial charge is 0.223 e. The van der Waals surface area contributed by atoms with Gasteiger partial charge in [0.25, 0.3) is 0 Å². The van der Waals surface area contributed by atoms with E-state index in [1.807, 2.05) is 0 Å². The van der Waals surface area contributed by atoms with Crippen molar-refractivity contribution in [2.45, 2.75) is 38.3 Å². The van der Waals surface area contributed by atoms with Gasteiger partial charge < -0.3 is 10.1 Å². The molecule has 1 amide bonds. The first-order valence-electron chi connectivity index (χ1n) is 6.74. The van der Waals surface area contributed by atoms with Crippen molar-refractivity contribution in [1.29, 1.82) is 0 Å². The summed E-state index contributed by atoms with van der Waals surface area (Å²) in [5.74, 6) is -0.0707. The van der Waals surface area contributed by atoms with Crippen LogP contribution in [0.2, 0.25) is 0 Å². The fourth-order valence-corrected chi connectivity index (χ4v) is 2.50. The van der Waals surface area contributed by atoms with E-state index in [9.17, 15) is 9.18 Å². The second-order valence-corrected chi connectivity index (χ2v) is 5.05. The van der Waals surface area contributed by atoms with Gasteiger partial charge in [-0.25, -0.2) is 4.39 Å². The quantitative estimate of drug-likeness (QED) is 0.909. The van der Waals surface area contributed by atoms with Gasteiger partial charge in [-0.3, -0.25) is 4.79 Å². The normalized spacial score (nSPS) is 23.1. The Kier molecular flexibility index (Phi) is 4.91. The van der Waals surface area contributed by atoms with Crippen LogP contribution in [0.4, 0.5) is 4.39 Å². The summed E-state index contributed by atoms with van der Waals surface area (Å²) in [5, 5.41) is 2.92. The fraction of sp³-hybridized carbons (Fsp3) is 0.533. The number of amides is 1. The number of nitrogens with one attached hydrogen (secondary N) is 1. The standard InChI is InChI=1S/C15H20FNO2/c1-19-14-8-4-12(5-9-14)15(18)17-10-11-2-6-13(16)7-3-11/h2-3,6-7,12,14H,4-5,8-10H2,1H3,(H,17,18). The molecule has 0 atom stereocenters. The van der Waals surface area contributed by atoms with Gasteiger partial charge in [0.2, 0.25) is 5.91 Å². The number of halogens is 1. The summed E-state index contributed by atoms with van der Waals surface area (Å²) >= 11 is 0. The molecule has 1 aliphatic carbocycles. The van der Waals surface area contributed by atoms with Crippen LogP contribution in [0.3, 0.4) is 0 Å². The summed E-state index contributed by atoms with van der Waals surface area (Å²) in [6, 6.07) is 6.20. The number of hydrogen-bond acceptors (Lipinski definition) is 2. The van der Waals surface area contributed by atoms with Gasteiger partial charge in [-0.15, -0.1) is 0 Å². The molecule has 1 aromatic carbocycles. The molecule has 0 unspecified atom stereocenters. The van der Waals surface area contributed by atoms with Gasteiger partial charge in [0.1, 0.15) is 5.82 Å². The number of methoxy groups -OCH3 is 1. The number of carbonyl (C=O) groups excluding carboxylic acids is 1. The van der Waals surface area contributed by atoms with Crippen molar-refractivity contribution in [3.63, 3.8) is 0 Å². The maximum Gasteiger partial charge on any atom is 0.223 e. The van der Waals surface area contributed by atoms with E-state index in [4.69, 9.17) is 4.74 Å². The molecule has 1 aliphatic rings. The Hall–Kier alpha value is -1.42. The Morgan fingerprint density at radius 1 is 1.26 bits per heavy atom. The molecule has 104 valence electrons. The lowest BCUT2D eigenvalue weighted by molar-refractivity contribution is -0.126. The Labute approximate surface area is 113 Å². The zero-order chi connectivity index (χ0) is 13.7. The zero-order valence-electron chi connectivity index (χ0n) is 11.2. The van der Waals surface area contributed by atoms with Gasteiger partial charge in [0, 0.05) is 19.6 Å². The lowest BCUT2D eigenvalue weighted by Crippen LogP contribution is -2.34. The molecule has 0 radical (unpaired) electrons. The summed E-state index contributed by atoms with van der Waals surface area (Å²) in [7, 11) is 1.72. The molecule has 0 spiro atoms. The number of ether oxygens (including phenoxy) is 1. The van der Waals surface area contributed by atoms with Gasteiger partial charge in [0.15, 0.2) is 0 Å².